The second-order valence-electron chi connectivity index (χ2n) is 8.24. The van der Waals surface area contributed by atoms with Crippen molar-refractivity contribution in [1.29, 1.82) is 0 Å². The van der Waals surface area contributed by atoms with Crippen molar-refractivity contribution in [3.8, 4) is 5.75 Å². The van der Waals surface area contributed by atoms with E-state index in [2.05, 4.69) is 10.5 Å². The Balaban J connectivity index is 1.75. The lowest BCUT2D eigenvalue weighted by Crippen LogP contribution is -2.38. The third-order valence-corrected chi connectivity index (χ3v) is 6.06. The van der Waals surface area contributed by atoms with Gasteiger partial charge in [0, 0.05) is 12.5 Å². The molecule has 0 bridgehead atoms. The number of cyclic esters (lactones) is 1. The van der Waals surface area contributed by atoms with Crippen molar-refractivity contribution in [2.24, 2.45) is 5.16 Å². The second kappa shape index (κ2) is 13.0. The van der Waals surface area contributed by atoms with Crippen LogP contribution in [-0.2, 0) is 20.8 Å². The number of aromatic hydroxyl groups is 1. The van der Waals surface area contributed by atoms with Gasteiger partial charge in [-0.3, -0.25) is 4.79 Å². The number of rotatable bonds is 4. The van der Waals surface area contributed by atoms with Gasteiger partial charge in [-0.15, -0.1) is 0 Å². The zero-order valence-corrected chi connectivity index (χ0v) is 19.5. The molecule has 1 amide bonds. The summed E-state index contributed by atoms with van der Waals surface area (Å²) in [5.41, 5.74) is 1.13. The number of halogens is 1. The number of ether oxygens (including phenoxy) is 1. The Morgan fingerprint density at radius 3 is 2.73 bits per heavy atom. The Morgan fingerprint density at radius 1 is 1.15 bits per heavy atom. The molecule has 1 saturated carbocycles. The van der Waals surface area contributed by atoms with Crippen LogP contribution in [0.1, 0.15) is 67.3 Å². The van der Waals surface area contributed by atoms with Crippen LogP contribution >= 0.6 is 11.6 Å². The highest BCUT2D eigenvalue weighted by Gasteiger charge is 2.20. The van der Waals surface area contributed by atoms with Crippen LogP contribution in [0.2, 0.25) is 5.02 Å². The number of carbonyl (C=O) groups excluding carboxylic acids is 2. The SMILES string of the molecule is O=C(CO/N=C1\C=C\CC/C=C/CCOC(=O)c2ccc(O)c(Cl)c2C1)NC1CCCCC1. The van der Waals surface area contributed by atoms with Crippen molar-refractivity contribution < 1.29 is 24.3 Å². The normalized spacial score (nSPS) is 21.4. The summed E-state index contributed by atoms with van der Waals surface area (Å²) in [6.07, 6.45) is 15.6. The first kappa shape index (κ1) is 24.8. The maximum absolute atomic E-state index is 12.6. The van der Waals surface area contributed by atoms with E-state index in [0.717, 1.165) is 38.5 Å². The van der Waals surface area contributed by atoms with E-state index in [0.29, 0.717) is 17.7 Å². The van der Waals surface area contributed by atoms with Crippen molar-refractivity contribution in [2.75, 3.05) is 13.2 Å². The number of amides is 1. The molecule has 0 radical (unpaired) electrons. The molecule has 1 heterocycles. The van der Waals surface area contributed by atoms with Gasteiger partial charge < -0.3 is 20.0 Å². The number of nitrogens with one attached hydrogen (secondary N) is 1. The molecule has 2 aliphatic rings. The van der Waals surface area contributed by atoms with Gasteiger partial charge in [-0.2, -0.15) is 0 Å². The highest BCUT2D eigenvalue weighted by atomic mass is 35.5. The number of phenolic OH excluding ortho intramolecular Hbond substituents is 1. The maximum atomic E-state index is 12.6. The van der Waals surface area contributed by atoms with E-state index in [4.69, 9.17) is 21.2 Å². The second-order valence-corrected chi connectivity index (χ2v) is 8.61. The Labute approximate surface area is 199 Å². The lowest BCUT2D eigenvalue weighted by Gasteiger charge is -2.22. The van der Waals surface area contributed by atoms with Crippen LogP contribution in [0, 0.1) is 0 Å². The number of oxime groups is 1. The monoisotopic (exact) mass is 474 g/mol. The van der Waals surface area contributed by atoms with Crippen LogP contribution in [-0.4, -0.2) is 42.0 Å². The van der Waals surface area contributed by atoms with Gasteiger partial charge in [0.25, 0.3) is 5.91 Å². The van der Waals surface area contributed by atoms with Crippen molar-refractivity contribution >= 4 is 29.2 Å². The largest absolute Gasteiger partial charge is 0.506 e. The highest BCUT2D eigenvalue weighted by molar-refractivity contribution is 6.33. The predicted octanol–water partition coefficient (Wildman–Crippen LogP) is 4.86. The quantitative estimate of drug-likeness (QED) is 0.369. The molecule has 1 aromatic carbocycles. The summed E-state index contributed by atoms with van der Waals surface area (Å²) in [6.45, 7) is 0.0581. The Kier molecular flexibility index (Phi) is 9.81. The summed E-state index contributed by atoms with van der Waals surface area (Å²) in [6, 6.07) is 3.05. The predicted molar refractivity (Wildman–Crippen MR) is 128 cm³/mol. The zero-order valence-electron chi connectivity index (χ0n) is 18.7. The van der Waals surface area contributed by atoms with Crippen molar-refractivity contribution in [3.05, 3.63) is 52.6 Å². The van der Waals surface area contributed by atoms with Gasteiger partial charge in [0.15, 0.2) is 6.61 Å². The first-order valence-electron chi connectivity index (χ1n) is 11.5. The van der Waals surface area contributed by atoms with Crippen molar-refractivity contribution in [3.63, 3.8) is 0 Å². The zero-order chi connectivity index (χ0) is 23.5. The number of carbonyl (C=O) groups is 2. The molecule has 0 atom stereocenters. The molecule has 178 valence electrons. The molecule has 8 heteroatoms. The summed E-state index contributed by atoms with van der Waals surface area (Å²) in [5.74, 6) is -0.863. The van der Waals surface area contributed by atoms with E-state index in [9.17, 15) is 14.7 Å². The fraction of sp³-hybridized carbons (Fsp3) is 0.480. The number of phenols is 1. The molecular weight excluding hydrogens is 444 g/mol. The highest BCUT2D eigenvalue weighted by Crippen LogP contribution is 2.31. The molecule has 1 aliphatic carbocycles. The average Bonchev–Trinajstić information content (AvgIpc) is 2.80. The number of fused-ring (bicyclic) bond motifs is 1. The molecule has 1 aromatic rings. The van der Waals surface area contributed by atoms with Gasteiger partial charge in [0.2, 0.25) is 0 Å². The van der Waals surface area contributed by atoms with Gasteiger partial charge in [-0.1, -0.05) is 54.2 Å². The number of nitrogens with zero attached hydrogens (tertiary/aromatic N) is 1. The number of esters is 1. The minimum atomic E-state index is -0.520. The Morgan fingerprint density at radius 2 is 1.91 bits per heavy atom. The fourth-order valence-electron chi connectivity index (χ4n) is 3.91. The number of benzene rings is 1. The first-order valence-corrected chi connectivity index (χ1v) is 11.9. The summed E-state index contributed by atoms with van der Waals surface area (Å²) in [4.78, 5) is 30.2. The van der Waals surface area contributed by atoms with Crippen LogP contribution in [0.3, 0.4) is 0 Å². The molecule has 0 saturated heterocycles. The Bertz CT molecular complexity index is 920. The average molecular weight is 475 g/mol. The van der Waals surface area contributed by atoms with Crippen LogP contribution < -0.4 is 5.32 Å². The van der Waals surface area contributed by atoms with E-state index in [1.54, 1.807) is 6.08 Å². The van der Waals surface area contributed by atoms with Crippen LogP contribution in [0.15, 0.2) is 41.6 Å². The van der Waals surface area contributed by atoms with Gasteiger partial charge in [0.1, 0.15) is 5.75 Å². The van der Waals surface area contributed by atoms with E-state index in [-0.39, 0.29) is 47.9 Å². The first-order chi connectivity index (χ1) is 16.0. The summed E-state index contributed by atoms with van der Waals surface area (Å²) >= 11 is 6.33. The molecule has 1 aliphatic heterocycles. The smallest absolute Gasteiger partial charge is 0.338 e. The lowest BCUT2D eigenvalue weighted by atomic mass is 9.95. The number of hydrogen-bond donors (Lipinski definition) is 2. The van der Waals surface area contributed by atoms with E-state index >= 15 is 0 Å². The minimum absolute atomic E-state index is 0.0626. The molecule has 0 aromatic heterocycles. The third kappa shape index (κ3) is 7.93. The molecule has 0 spiro atoms. The molecule has 1 fully saturated rings. The van der Waals surface area contributed by atoms with E-state index in [1.807, 2.05) is 18.2 Å². The van der Waals surface area contributed by atoms with E-state index in [1.165, 1.54) is 18.6 Å². The number of hydrogen-bond acceptors (Lipinski definition) is 6. The summed E-state index contributed by atoms with van der Waals surface area (Å²) in [5, 5.41) is 17.3. The van der Waals surface area contributed by atoms with Gasteiger partial charge in [-0.25, -0.2) is 4.79 Å². The van der Waals surface area contributed by atoms with E-state index < -0.39 is 5.97 Å². The van der Waals surface area contributed by atoms with Crippen LogP contribution in [0.5, 0.6) is 5.75 Å². The fourth-order valence-corrected chi connectivity index (χ4v) is 4.14. The molecule has 33 heavy (non-hydrogen) atoms. The van der Waals surface area contributed by atoms with Crippen molar-refractivity contribution in [1.82, 2.24) is 5.32 Å². The standard InChI is InChI=1S/C25H31ClN2O5/c26-24-21-16-19(28-33-17-23(30)27-18-10-7-5-8-11-18)12-6-3-1-2-4-9-15-32-25(31)20(21)13-14-22(24)29/h2,4,6,12-14,18,29H,1,3,5,7-11,15-17H2,(H,27,30)/b4-2+,12-6+,28-19+. The van der Waals surface area contributed by atoms with Gasteiger partial charge in [0.05, 0.1) is 22.9 Å². The van der Waals surface area contributed by atoms with Gasteiger partial charge >= 0.3 is 5.97 Å². The Hall–Kier alpha value is -2.80. The molecule has 2 N–H and O–H groups in total. The minimum Gasteiger partial charge on any atom is -0.506 e. The molecule has 3 rings (SSSR count). The summed E-state index contributed by atoms with van der Waals surface area (Å²) < 4.78 is 5.36. The number of allylic oxidation sites excluding steroid dienone is 3. The maximum Gasteiger partial charge on any atom is 0.338 e. The topological polar surface area (TPSA) is 97.2 Å². The van der Waals surface area contributed by atoms with Crippen LogP contribution in [0.25, 0.3) is 0 Å². The van der Waals surface area contributed by atoms with Crippen molar-refractivity contribution in [2.45, 2.75) is 63.8 Å². The lowest BCUT2D eigenvalue weighted by molar-refractivity contribution is -0.126. The molecule has 7 nitrogen and oxygen atoms in total. The van der Waals surface area contributed by atoms with Crippen LogP contribution in [0.4, 0.5) is 0 Å². The third-order valence-electron chi connectivity index (χ3n) is 5.64. The van der Waals surface area contributed by atoms with Gasteiger partial charge in [-0.05, 0) is 55.9 Å². The summed E-state index contributed by atoms with van der Waals surface area (Å²) in [7, 11) is 0. The molecular formula is C25H31ClN2O5. The molecule has 0 unspecified atom stereocenters.